The molecule has 1 aromatic heterocycles. The highest BCUT2D eigenvalue weighted by Crippen LogP contribution is 2.19. The summed E-state index contributed by atoms with van der Waals surface area (Å²) in [6.45, 7) is 0. The first-order valence-corrected chi connectivity index (χ1v) is 5.28. The number of aromatic amines is 1. The van der Waals surface area contributed by atoms with E-state index in [4.69, 9.17) is 21.1 Å². The van der Waals surface area contributed by atoms with Crippen molar-refractivity contribution in [3.8, 4) is 17.8 Å². The second-order valence-electron chi connectivity index (χ2n) is 3.42. The van der Waals surface area contributed by atoms with Crippen LogP contribution in [0.4, 0.5) is 5.69 Å². The van der Waals surface area contributed by atoms with E-state index in [2.05, 4.69) is 31.2 Å². The van der Waals surface area contributed by atoms with Crippen LogP contribution in [0.3, 0.4) is 0 Å². The Kier molecular flexibility index (Phi) is 3.83. The van der Waals surface area contributed by atoms with Crippen LogP contribution in [-0.2, 0) is 0 Å². The topological polar surface area (TPSA) is 162 Å². The van der Waals surface area contributed by atoms with Crippen molar-refractivity contribution < 1.29 is 4.74 Å². The highest BCUT2D eigenvalue weighted by molar-refractivity contribution is 6.45. The van der Waals surface area contributed by atoms with E-state index in [1.165, 1.54) is 0 Å². The minimum atomic E-state index is -0.405. The molecule has 0 amide bonds. The summed E-state index contributed by atoms with van der Waals surface area (Å²) in [6, 6.07) is 8.42. The lowest BCUT2D eigenvalue weighted by atomic mass is 10.3. The summed E-state index contributed by atoms with van der Waals surface area (Å²) in [5.74, 6) is 0.102. The lowest BCUT2D eigenvalue weighted by molar-refractivity contribution is 0.442. The molecule has 10 nitrogen and oxygen atoms in total. The second kappa shape index (κ2) is 5.91. The molecule has 2 aromatic rings. The van der Waals surface area contributed by atoms with Gasteiger partial charge in [0.05, 0.1) is 5.69 Å². The largest absolute Gasteiger partial charge is 0.422 e. The maximum Gasteiger partial charge on any atom is 0.361 e. The first-order valence-electron chi connectivity index (χ1n) is 5.28. The fourth-order valence-electron chi connectivity index (χ4n) is 1.16. The first-order chi connectivity index (χ1) is 9.69. The van der Waals surface area contributed by atoms with Gasteiger partial charge in [-0.15, -0.1) is 0 Å². The lowest BCUT2D eigenvalue weighted by Gasteiger charge is -2.03. The predicted octanol–water partition coefficient (Wildman–Crippen LogP) is 0.219. The Hall–Kier alpha value is -3.48. The zero-order valence-corrected chi connectivity index (χ0v) is 10.0. The maximum absolute atomic E-state index is 8.68. The van der Waals surface area contributed by atoms with Crippen LogP contribution in [0.15, 0.2) is 29.4 Å². The van der Waals surface area contributed by atoms with E-state index >= 15 is 0 Å². The molecule has 0 aliphatic carbocycles. The molecule has 5 N–H and O–H groups in total. The number of tetrazole rings is 1. The van der Waals surface area contributed by atoms with Gasteiger partial charge in [-0.05, 0) is 29.5 Å². The minimum absolute atomic E-state index is 0.104. The van der Waals surface area contributed by atoms with Crippen LogP contribution in [-0.4, -0.2) is 32.2 Å². The molecular weight excluding hydrogens is 262 g/mol. The van der Waals surface area contributed by atoms with Gasteiger partial charge in [0.15, 0.2) is 5.84 Å². The number of H-pyrrole nitrogens is 1. The Labute approximate surface area is 112 Å². The third-order valence-electron chi connectivity index (χ3n) is 2.05. The number of amidine groups is 1. The van der Waals surface area contributed by atoms with Crippen LogP contribution in [0.5, 0.6) is 11.8 Å². The van der Waals surface area contributed by atoms with Crippen LogP contribution in [0.2, 0.25) is 0 Å². The Morgan fingerprint density at radius 1 is 1.45 bits per heavy atom. The smallest absolute Gasteiger partial charge is 0.361 e. The van der Waals surface area contributed by atoms with Gasteiger partial charge in [-0.2, -0.15) is 15.6 Å². The summed E-state index contributed by atoms with van der Waals surface area (Å²) in [6.07, 6.45) is 0. The molecule has 1 aromatic carbocycles. The van der Waals surface area contributed by atoms with Gasteiger partial charge in [-0.25, -0.2) is 0 Å². The number of anilines is 1. The number of hydrogen-bond donors (Lipinski definition) is 4. The van der Waals surface area contributed by atoms with Crippen molar-refractivity contribution in [1.82, 2.24) is 20.6 Å². The molecule has 0 fully saturated rings. The van der Waals surface area contributed by atoms with Gasteiger partial charge in [0.2, 0.25) is 5.71 Å². The average molecular weight is 271 g/mol. The zero-order chi connectivity index (χ0) is 14.4. The molecule has 0 aliphatic rings. The number of rotatable bonds is 5. The van der Waals surface area contributed by atoms with Crippen molar-refractivity contribution in [3.63, 3.8) is 0 Å². The van der Waals surface area contributed by atoms with Crippen molar-refractivity contribution in [2.24, 2.45) is 10.8 Å². The summed E-state index contributed by atoms with van der Waals surface area (Å²) in [7, 11) is 0. The summed E-state index contributed by atoms with van der Waals surface area (Å²) >= 11 is 0. The Morgan fingerprint density at radius 3 is 2.75 bits per heavy atom. The van der Waals surface area contributed by atoms with Crippen molar-refractivity contribution in [3.05, 3.63) is 24.3 Å². The van der Waals surface area contributed by atoms with Gasteiger partial charge < -0.3 is 10.5 Å². The van der Waals surface area contributed by atoms with Crippen LogP contribution in [0, 0.1) is 16.7 Å². The summed E-state index contributed by atoms with van der Waals surface area (Å²) < 4.78 is 5.27. The molecule has 10 heteroatoms. The quantitative estimate of drug-likeness (QED) is 0.343. The molecule has 20 heavy (non-hydrogen) atoms. The molecule has 0 radical (unpaired) electrons. The first kappa shape index (κ1) is 13.0. The molecule has 0 saturated heterocycles. The third kappa shape index (κ3) is 3.26. The molecule has 0 bridgehead atoms. The predicted molar refractivity (Wildman–Crippen MR) is 69.3 cm³/mol. The van der Waals surface area contributed by atoms with Gasteiger partial charge in [0.25, 0.3) is 0 Å². The van der Waals surface area contributed by atoms with Crippen molar-refractivity contribution in [2.75, 3.05) is 5.43 Å². The van der Waals surface area contributed by atoms with E-state index in [-0.39, 0.29) is 11.7 Å². The van der Waals surface area contributed by atoms with Gasteiger partial charge in [0, 0.05) is 0 Å². The SMILES string of the molecule is N#C/C(=N\Nc1ccc(Oc2nn[nH]n2)cc1)C(=N)N. The number of ether oxygens (including phenoxy) is 1. The fourth-order valence-corrected chi connectivity index (χ4v) is 1.16. The molecule has 0 unspecified atom stereocenters. The van der Waals surface area contributed by atoms with Crippen LogP contribution in [0.25, 0.3) is 0 Å². The normalized spacial score (nSPS) is 10.7. The zero-order valence-electron chi connectivity index (χ0n) is 10.0. The number of hydrogen-bond acceptors (Lipinski definition) is 8. The number of nitrogens with zero attached hydrogens (tertiary/aromatic N) is 5. The highest BCUT2D eigenvalue weighted by Gasteiger charge is 2.02. The van der Waals surface area contributed by atoms with Gasteiger partial charge >= 0.3 is 6.01 Å². The van der Waals surface area contributed by atoms with E-state index < -0.39 is 5.84 Å². The fraction of sp³-hybridized carbons (Fsp3) is 0. The molecular formula is C10H9N9O. The van der Waals surface area contributed by atoms with Crippen LogP contribution in [0.1, 0.15) is 0 Å². The molecule has 2 rings (SSSR count). The number of hydrazone groups is 1. The summed E-state index contributed by atoms with van der Waals surface area (Å²) in [4.78, 5) is 0. The Morgan fingerprint density at radius 2 is 2.20 bits per heavy atom. The molecule has 0 spiro atoms. The van der Waals surface area contributed by atoms with Gasteiger partial charge in [-0.1, -0.05) is 10.2 Å². The number of nitriles is 1. The maximum atomic E-state index is 8.68. The molecule has 0 atom stereocenters. The summed E-state index contributed by atoms with van der Waals surface area (Å²) in [5, 5.41) is 32.4. The molecule has 0 saturated carbocycles. The van der Waals surface area contributed by atoms with E-state index in [9.17, 15) is 0 Å². The monoisotopic (exact) mass is 271 g/mol. The van der Waals surface area contributed by atoms with Crippen molar-refractivity contribution >= 4 is 17.2 Å². The van der Waals surface area contributed by atoms with Crippen molar-refractivity contribution in [2.45, 2.75) is 0 Å². The van der Waals surface area contributed by atoms with E-state index in [0.717, 1.165) is 0 Å². The minimum Gasteiger partial charge on any atom is -0.422 e. The molecule has 1 heterocycles. The van der Waals surface area contributed by atoms with Gasteiger partial charge in [0.1, 0.15) is 11.8 Å². The number of benzene rings is 1. The Bertz CT molecular complexity index is 653. The number of aromatic nitrogens is 4. The highest BCUT2D eigenvalue weighted by atomic mass is 16.5. The van der Waals surface area contributed by atoms with Crippen molar-refractivity contribution in [1.29, 1.82) is 10.7 Å². The average Bonchev–Trinajstić information content (AvgIpc) is 2.94. The van der Waals surface area contributed by atoms with Crippen LogP contribution < -0.4 is 15.9 Å². The molecule has 0 aliphatic heterocycles. The molecule has 100 valence electrons. The number of nitrogens with two attached hydrogens (primary N) is 1. The van der Waals surface area contributed by atoms with E-state index in [1.54, 1.807) is 30.3 Å². The van der Waals surface area contributed by atoms with Crippen LogP contribution >= 0.6 is 0 Å². The summed E-state index contributed by atoms with van der Waals surface area (Å²) in [5.41, 5.74) is 8.16. The standard InChI is InChI=1S/C10H9N9O/c11-5-8(9(12)13)15-14-6-1-3-7(4-2-6)20-10-16-18-19-17-10/h1-4,14H,(H3,12,13)(H,16,17,18,19)/b15-8+. The van der Waals surface area contributed by atoms with E-state index in [1.807, 2.05) is 0 Å². The second-order valence-corrected chi connectivity index (χ2v) is 3.42. The number of nitrogens with one attached hydrogen (secondary N) is 3. The van der Waals surface area contributed by atoms with E-state index in [0.29, 0.717) is 11.4 Å². The third-order valence-corrected chi connectivity index (χ3v) is 2.05. The Balaban J connectivity index is 2.02. The lowest BCUT2D eigenvalue weighted by Crippen LogP contribution is -2.21. The van der Waals surface area contributed by atoms with Gasteiger partial charge in [-0.3, -0.25) is 10.8 Å².